The second kappa shape index (κ2) is 20.7. The van der Waals surface area contributed by atoms with Gasteiger partial charge in [0.1, 0.15) is 65.6 Å². The van der Waals surface area contributed by atoms with Gasteiger partial charge in [0.25, 0.3) is 30.4 Å². The van der Waals surface area contributed by atoms with Gasteiger partial charge in [-0.25, -0.2) is 0 Å². The second-order valence-electron chi connectivity index (χ2n) is 17.2. The zero-order valence-electron chi connectivity index (χ0n) is 36.9. The predicted molar refractivity (Wildman–Crippen MR) is 238 cm³/mol. The first kappa shape index (κ1) is 53.6. The fourth-order valence-corrected chi connectivity index (χ4v) is 10.4. The standard InChI is InChI=1S/C42H53N5O20S3/c1-63-28-11-6-20(14-31(28)70(60,61)62)21-12-26(18-2-7-22(8-3-18)68(54,55)56)47(27(13-21)19-4-9-23(10-5-19)69(57,58)59)16-29-35(50)36(51)33(46)41(64-29)66-39-24(43)15-25(44)40(38(39)53)67-42-37(52)32(45)34(49)30(17-48)65-42/h2-14,24-25,29-30,32-42,48-53H,15-17,43-46H2,1H3,(H2-,54,55,56,57,58,59,60,61,62)/p+2. The molecule has 0 amide bonds. The molecule has 3 aliphatic rings. The Hall–Kier alpha value is -4.22. The van der Waals surface area contributed by atoms with Crippen molar-refractivity contribution in [3.63, 3.8) is 0 Å². The Balaban J connectivity index is 1.31. The van der Waals surface area contributed by atoms with Crippen molar-refractivity contribution in [2.24, 2.45) is 17.2 Å². The van der Waals surface area contributed by atoms with Crippen molar-refractivity contribution in [1.82, 2.24) is 0 Å². The average Bonchev–Trinajstić information content (AvgIpc) is 3.31. The minimum atomic E-state index is -4.88. The van der Waals surface area contributed by atoms with E-state index >= 15 is 0 Å². The molecule has 3 aromatic carbocycles. The van der Waals surface area contributed by atoms with Crippen LogP contribution < -0.4 is 32.2 Å². The van der Waals surface area contributed by atoms with Gasteiger partial charge in [0.15, 0.2) is 18.9 Å². The number of benzene rings is 3. The number of aromatic nitrogens is 1. The average molecular weight is 1050 g/mol. The molecular weight excluding hydrogens is 991 g/mol. The SMILES string of the molecule is COc1ccc(-c2cc(-c3ccc(S(=O)(=O)O)cc3)[n+](CC3OC(OC4C(N)CC(N)C(OC5OC(CO)C(O)C(N)C5O)C4O)C([NH3+])C(O)C3O)c(-c3ccc(S(=O)(=O)O)cc3)c2)cc1S(=O)(=O)O. The molecule has 15 unspecified atom stereocenters. The van der Waals surface area contributed by atoms with E-state index in [2.05, 4.69) is 5.73 Å². The minimum Gasteiger partial charge on any atom is -0.495 e. The summed E-state index contributed by atoms with van der Waals surface area (Å²) >= 11 is 0. The van der Waals surface area contributed by atoms with Crippen LogP contribution >= 0.6 is 0 Å². The fourth-order valence-electron chi connectivity index (χ4n) is 8.75. The summed E-state index contributed by atoms with van der Waals surface area (Å²) in [4.78, 5) is -1.58. The molecular formula is C42H55N5O20S3+2. The van der Waals surface area contributed by atoms with Crippen LogP contribution in [-0.2, 0) is 55.8 Å². The maximum absolute atomic E-state index is 12.5. The van der Waals surface area contributed by atoms with E-state index in [1.54, 1.807) is 0 Å². The molecule has 0 radical (unpaired) electrons. The van der Waals surface area contributed by atoms with Gasteiger partial charge in [0, 0.05) is 35.3 Å². The van der Waals surface area contributed by atoms with Gasteiger partial charge < -0.3 is 77.3 Å². The molecule has 4 aromatic rings. The summed E-state index contributed by atoms with van der Waals surface area (Å²) < 4.78 is 134. The molecule has 0 spiro atoms. The first-order valence-electron chi connectivity index (χ1n) is 21.4. The Morgan fingerprint density at radius 3 is 1.57 bits per heavy atom. The van der Waals surface area contributed by atoms with Crippen LogP contribution in [0.25, 0.3) is 33.6 Å². The molecule has 7 rings (SSSR count). The Bertz CT molecular complexity index is 2770. The Morgan fingerprint density at radius 1 is 0.614 bits per heavy atom. The maximum Gasteiger partial charge on any atom is 0.298 e. The number of quaternary nitrogens is 1. The van der Waals surface area contributed by atoms with Gasteiger partial charge in [-0.3, -0.25) is 13.7 Å². The molecule has 2 saturated heterocycles. The Kier molecular flexibility index (Phi) is 15.9. The third kappa shape index (κ3) is 11.1. The zero-order chi connectivity index (χ0) is 51.4. The van der Waals surface area contributed by atoms with Crippen molar-refractivity contribution in [2.75, 3.05) is 13.7 Å². The van der Waals surface area contributed by atoms with E-state index in [0.717, 1.165) is 30.3 Å². The number of aliphatic hydroxyl groups is 6. The van der Waals surface area contributed by atoms with Crippen LogP contribution in [0, 0.1) is 0 Å². The predicted octanol–water partition coefficient (Wildman–Crippen LogP) is -4.26. The highest BCUT2D eigenvalue weighted by molar-refractivity contribution is 7.86. The van der Waals surface area contributed by atoms with E-state index in [1.807, 2.05) is 0 Å². The number of hydrogen-bond acceptors (Lipinski definition) is 20. The van der Waals surface area contributed by atoms with Gasteiger partial charge in [-0.1, -0.05) is 6.07 Å². The van der Waals surface area contributed by atoms with E-state index in [9.17, 15) is 69.6 Å². The Morgan fingerprint density at radius 2 is 1.10 bits per heavy atom. The summed E-state index contributed by atoms with van der Waals surface area (Å²) in [5, 5.41) is 65.7. The van der Waals surface area contributed by atoms with Gasteiger partial charge in [0.2, 0.25) is 17.7 Å². The maximum atomic E-state index is 12.5. The number of nitrogens with two attached hydrogens (primary N) is 3. The highest BCUT2D eigenvalue weighted by Crippen LogP contribution is 2.36. The largest absolute Gasteiger partial charge is 0.495 e. The molecule has 2 aliphatic heterocycles. The third-order valence-corrected chi connectivity index (χ3v) is 15.2. The Labute approximate surface area is 401 Å². The molecule has 25 nitrogen and oxygen atoms in total. The number of rotatable bonds is 14. The third-order valence-electron chi connectivity index (χ3n) is 12.6. The molecule has 28 heteroatoms. The molecule has 15 atom stereocenters. The van der Waals surface area contributed by atoms with Crippen LogP contribution in [0.5, 0.6) is 5.75 Å². The van der Waals surface area contributed by atoms with Crippen LogP contribution in [0.2, 0.25) is 0 Å². The summed E-state index contributed by atoms with van der Waals surface area (Å²) in [6.45, 7) is -1.12. The highest BCUT2D eigenvalue weighted by Gasteiger charge is 2.53. The smallest absolute Gasteiger partial charge is 0.298 e. The number of ether oxygens (including phenoxy) is 5. The summed E-state index contributed by atoms with van der Waals surface area (Å²) in [6.07, 6.45) is -16.9. The van der Waals surface area contributed by atoms with Crippen molar-refractivity contribution in [3.8, 4) is 39.4 Å². The topological polar surface area (TPSA) is 440 Å². The zero-order valence-corrected chi connectivity index (χ0v) is 39.4. The van der Waals surface area contributed by atoms with Crippen LogP contribution in [0.15, 0.2) is 93.5 Å². The molecule has 70 heavy (non-hydrogen) atoms. The van der Waals surface area contributed by atoms with Gasteiger partial charge >= 0.3 is 0 Å². The van der Waals surface area contributed by atoms with Crippen molar-refractivity contribution in [3.05, 3.63) is 78.9 Å². The molecule has 3 heterocycles. The lowest BCUT2D eigenvalue weighted by Gasteiger charge is -2.47. The van der Waals surface area contributed by atoms with E-state index in [4.69, 9.17) is 40.9 Å². The van der Waals surface area contributed by atoms with E-state index in [-0.39, 0.29) is 45.8 Å². The normalized spacial score (nSPS) is 32.1. The lowest BCUT2D eigenvalue weighted by Crippen LogP contribution is -2.79. The minimum absolute atomic E-state index is 0.0575. The molecule has 1 aromatic heterocycles. The first-order chi connectivity index (χ1) is 32.7. The molecule has 1 saturated carbocycles. The summed E-state index contributed by atoms with van der Waals surface area (Å²) in [5.41, 5.74) is 23.9. The highest BCUT2D eigenvalue weighted by atomic mass is 32.2. The molecule has 0 bridgehead atoms. The van der Waals surface area contributed by atoms with Crippen LogP contribution in [0.3, 0.4) is 0 Å². The van der Waals surface area contributed by atoms with Gasteiger partial charge in [-0.05, 0) is 78.2 Å². The van der Waals surface area contributed by atoms with Gasteiger partial charge in [-0.2, -0.15) is 29.8 Å². The number of hydrogen-bond donors (Lipinski definition) is 13. The van der Waals surface area contributed by atoms with Crippen LogP contribution in [-0.4, -0.2) is 175 Å². The lowest BCUT2D eigenvalue weighted by molar-refractivity contribution is -0.688. The fraction of sp³-hybridized carbons (Fsp3) is 0.452. The lowest BCUT2D eigenvalue weighted by atomic mass is 9.84. The van der Waals surface area contributed by atoms with E-state index in [1.165, 1.54) is 60.2 Å². The summed E-state index contributed by atoms with van der Waals surface area (Å²) in [6, 6.07) is 11.9. The van der Waals surface area contributed by atoms with Crippen molar-refractivity contribution in [1.29, 1.82) is 0 Å². The van der Waals surface area contributed by atoms with Crippen molar-refractivity contribution >= 4 is 30.4 Å². The van der Waals surface area contributed by atoms with E-state index < -0.39 is 150 Å². The molecule has 1 aliphatic carbocycles. The first-order valence-corrected chi connectivity index (χ1v) is 25.7. The van der Waals surface area contributed by atoms with Crippen molar-refractivity contribution < 1.29 is 104 Å². The van der Waals surface area contributed by atoms with Crippen molar-refractivity contribution in [2.45, 2.75) is 119 Å². The molecule has 18 N–H and O–H groups in total. The quantitative estimate of drug-likeness (QED) is 0.0420. The van der Waals surface area contributed by atoms with Crippen LogP contribution in [0.4, 0.5) is 0 Å². The number of pyridine rings is 1. The van der Waals surface area contributed by atoms with Gasteiger partial charge in [-0.15, -0.1) is 0 Å². The monoisotopic (exact) mass is 1050 g/mol. The number of nitrogens with zero attached hydrogens (tertiary/aromatic N) is 1. The van der Waals surface area contributed by atoms with Gasteiger partial charge in [0.05, 0.1) is 29.5 Å². The molecule has 384 valence electrons. The summed E-state index contributed by atoms with van der Waals surface area (Å²) in [7, 11) is -13.1. The van der Waals surface area contributed by atoms with Crippen LogP contribution in [0.1, 0.15) is 6.42 Å². The summed E-state index contributed by atoms with van der Waals surface area (Å²) in [5.74, 6) is -0.201. The molecule has 3 fully saturated rings. The van der Waals surface area contributed by atoms with E-state index in [0.29, 0.717) is 0 Å². The second-order valence-corrected chi connectivity index (χ2v) is 21.4. The number of methoxy groups -OCH3 is 1. The number of aliphatic hydroxyl groups excluding tert-OH is 6.